The molecular weight excluding hydrogens is 384 g/mol. The van der Waals surface area contributed by atoms with Crippen LogP contribution in [0.4, 0.5) is 0 Å². The molecule has 7 heteroatoms. The van der Waals surface area contributed by atoms with Crippen molar-refractivity contribution in [2.45, 2.75) is 70.1 Å². The van der Waals surface area contributed by atoms with E-state index in [9.17, 15) is 4.79 Å². The summed E-state index contributed by atoms with van der Waals surface area (Å²) >= 11 is 1.48. The molecule has 1 aliphatic rings. The first-order valence-electron chi connectivity index (χ1n) is 10.5. The Kier molecular flexibility index (Phi) is 7.58. The number of nitrogens with zero attached hydrogens (tertiary/aromatic N) is 3. The second-order valence-corrected chi connectivity index (χ2v) is 8.84. The van der Waals surface area contributed by atoms with Crippen molar-refractivity contribution in [3.8, 4) is 17.1 Å². The molecule has 158 valence electrons. The van der Waals surface area contributed by atoms with Gasteiger partial charge in [0.1, 0.15) is 5.75 Å². The summed E-state index contributed by atoms with van der Waals surface area (Å²) in [7, 11) is 1.67. The lowest BCUT2D eigenvalue weighted by molar-refractivity contribution is -0.119. The summed E-state index contributed by atoms with van der Waals surface area (Å²) in [5.74, 6) is 2.65. The van der Waals surface area contributed by atoms with Gasteiger partial charge in [-0.05, 0) is 56.4 Å². The molecule has 1 fully saturated rings. The van der Waals surface area contributed by atoms with E-state index in [-0.39, 0.29) is 11.9 Å². The van der Waals surface area contributed by atoms with Crippen LogP contribution in [0.25, 0.3) is 11.4 Å². The molecule has 29 heavy (non-hydrogen) atoms. The molecule has 0 saturated heterocycles. The van der Waals surface area contributed by atoms with Crippen molar-refractivity contribution in [3.05, 3.63) is 24.3 Å². The highest BCUT2D eigenvalue weighted by Crippen LogP contribution is 2.39. The third-order valence-corrected chi connectivity index (χ3v) is 6.71. The first-order valence-corrected chi connectivity index (χ1v) is 11.5. The summed E-state index contributed by atoms with van der Waals surface area (Å²) < 4.78 is 7.56. The Morgan fingerprint density at radius 2 is 2.00 bits per heavy atom. The quantitative estimate of drug-likeness (QED) is 0.631. The Balaban J connectivity index is 1.87. The van der Waals surface area contributed by atoms with E-state index in [4.69, 9.17) is 4.74 Å². The van der Waals surface area contributed by atoms with Crippen LogP contribution < -0.4 is 10.1 Å². The molecule has 0 aliphatic heterocycles. The van der Waals surface area contributed by atoms with Crippen LogP contribution in [-0.4, -0.2) is 39.6 Å². The minimum Gasteiger partial charge on any atom is -0.497 e. The van der Waals surface area contributed by atoms with Crippen molar-refractivity contribution in [2.24, 2.45) is 5.92 Å². The number of hydrogen-bond acceptors (Lipinski definition) is 5. The molecule has 3 rings (SSSR count). The molecule has 1 aliphatic carbocycles. The summed E-state index contributed by atoms with van der Waals surface area (Å²) in [5.41, 5.74) is 1.02. The molecule has 1 aromatic carbocycles. The average Bonchev–Trinajstić information content (AvgIpc) is 3.16. The van der Waals surface area contributed by atoms with Gasteiger partial charge in [-0.1, -0.05) is 38.5 Å². The van der Waals surface area contributed by atoms with E-state index in [0.717, 1.165) is 35.1 Å². The lowest BCUT2D eigenvalue weighted by Gasteiger charge is -2.31. The zero-order valence-corrected chi connectivity index (χ0v) is 18.7. The molecule has 1 saturated carbocycles. The normalized spacial score (nSPS) is 20.3. The van der Waals surface area contributed by atoms with Gasteiger partial charge in [0.25, 0.3) is 0 Å². The zero-order valence-electron chi connectivity index (χ0n) is 17.9. The first kappa shape index (κ1) is 21.7. The van der Waals surface area contributed by atoms with Crippen LogP contribution in [-0.2, 0) is 4.79 Å². The smallest absolute Gasteiger partial charge is 0.230 e. The van der Waals surface area contributed by atoms with Crippen molar-refractivity contribution in [2.75, 3.05) is 12.9 Å². The van der Waals surface area contributed by atoms with Gasteiger partial charge >= 0.3 is 0 Å². The molecule has 1 aromatic heterocycles. The summed E-state index contributed by atoms with van der Waals surface area (Å²) in [6.07, 6.45) is 5.75. The summed E-state index contributed by atoms with van der Waals surface area (Å²) in [5, 5.41) is 12.9. The van der Waals surface area contributed by atoms with Gasteiger partial charge in [-0.3, -0.25) is 9.36 Å². The topological polar surface area (TPSA) is 69.0 Å². The fourth-order valence-electron chi connectivity index (χ4n) is 3.84. The number of carbonyl (C=O) groups excluding carboxylic acids is 1. The van der Waals surface area contributed by atoms with Gasteiger partial charge in [0.2, 0.25) is 5.91 Å². The third-order valence-electron chi connectivity index (χ3n) is 5.76. The van der Waals surface area contributed by atoms with Crippen molar-refractivity contribution in [1.29, 1.82) is 0 Å². The van der Waals surface area contributed by atoms with Crippen LogP contribution in [0.3, 0.4) is 0 Å². The van der Waals surface area contributed by atoms with Gasteiger partial charge < -0.3 is 10.1 Å². The SMILES string of the molecule is CCC(C)NC(=O)CSc1nnc(-c2ccc(OC)cc2)n1C1CCCCC1C. The minimum absolute atomic E-state index is 0.0431. The number of carbonyl (C=O) groups is 1. The average molecular weight is 417 g/mol. The Labute approximate surface area is 177 Å². The Morgan fingerprint density at radius 3 is 2.66 bits per heavy atom. The van der Waals surface area contributed by atoms with Gasteiger partial charge in [0.05, 0.1) is 12.9 Å². The van der Waals surface area contributed by atoms with Crippen molar-refractivity contribution in [3.63, 3.8) is 0 Å². The van der Waals surface area contributed by atoms with Gasteiger partial charge in [-0.2, -0.15) is 0 Å². The van der Waals surface area contributed by atoms with Gasteiger partial charge in [0.15, 0.2) is 11.0 Å². The minimum atomic E-state index is 0.0431. The maximum atomic E-state index is 12.3. The molecule has 0 spiro atoms. The monoisotopic (exact) mass is 416 g/mol. The van der Waals surface area contributed by atoms with Crippen molar-refractivity contribution < 1.29 is 9.53 Å². The second-order valence-electron chi connectivity index (χ2n) is 7.90. The predicted molar refractivity (Wildman–Crippen MR) is 117 cm³/mol. The fourth-order valence-corrected chi connectivity index (χ4v) is 4.64. The molecule has 0 radical (unpaired) electrons. The van der Waals surface area contributed by atoms with Gasteiger partial charge in [0, 0.05) is 17.6 Å². The largest absolute Gasteiger partial charge is 0.497 e. The molecule has 6 nitrogen and oxygen atoms in total. The maximum Gasteiger partial charge on any atom is 0.230 e. The molecule has 1 heterocycles. The molecule has 2 aromatic rings. The van der Waals surface area contributed by atoms with Crippen LogP contribution in [0.2, 0.25) is 0 Å². The Morgan fingerprint density at radius 1 is 1.28 bits per heavy atom. The van der Waals surface area contributed by atoms with E-state index in [1.807, 2.05) is 31.2 Å². The van der Waals surface area contributed by atoms with Crippen molar-refractivity contribution in [1.82, 2.24) is 20.1 Å². The molecule has 1 amide bonds. The van der Waals surface area contributed by atoms with Crippen LogP contribution >= 0.6 is 11.8 Å². The highest BCUT2D eigenvalue weighted by Gasteiger charge is 2.29. The van der Waals surface area contributed by atoms with E-state index < -0.39 is 0 Å². The highest BCUT2D eigenvalue weighted by atomic mass is 32.2. The lowest BCUT2D eigenvalue weighted by Crippen LogP contribution is -2.33. The molecular formula is C22H32N4O2S. The molecule has 0 bridgehead atoms. The molecule has 3 atom stereocenters. The van der Waals surface area contributed by atoms with Crippen molar-refractivity contribution >= 4 is 17.7 Å². The predicted octanol–water partition coefficient (Wildman–Crippen LogP) is 4.71. The lowest BCUT2D eigenvalue weighted by atomic mass is 9.85. The van der Waals surface area contributed by atoms with Crippen LogP contribution in [0.5, 0.6) is 5.75 Å². The number of thioether (sulfide) groups is 1. The first-order chi connectivity index (χ1) is 14.0. The number of methoxy groups -OCH3 is 1. The Bertz CT molecular complexity index is 806. The van der Waals surface area contributed by atoms with Crippen LogP contribution in [0, 0.1) is 5.92 Å². The fraction of sp³-hybridized carbons (Fsp3) is 0.591. The van der Waals surface area contributed by atoms with Crippen LogP contribution in [0.15, 0.2) is 29.4 Å². The van der Waals surface area contributed by atoms with E-state index >= 15 is 0 Å². The standard InChI is InChI=1S/C22H32N4O2S/c1-5-16(3)23-20(27)14-29-22-25-24-21(17-10-12-18(28-4)13-11-17)26(22)19-9-7-6-8-15(19)2/h10-13,15-16,19H,5-9,14H2,1-4H3,(H,23,27). The molecule has 3 unspecified atom stereocenters. The van der Waals surface area contributed by atoms with E-state index in [2.05, 4.69) is 33.9 Å². The summed E-state index contributed by atoms with van der Waals surface area (Å²) in [4.78, 5) is 12.3. The highest BCUT2D eigenvalue weighted by molar-refractivity contribution is 7.99. The van der Waals surface area contributed by atoms with Gasteiger partial charge in [-0.15, -0.1) is 10.2 Å². The molecule has 1 N–H and O–H groups in total. The summed E-state index contributed by atoms with van der Waals surface area (Å²) in [6, 6.07) is 8.49. The number of rotatable bonds is 8. The number of hydrogen-bond donors (Lipinski definition) is 1. The number of amides is 1. The Hall–Kier alpha value is -2.02. The second kappa shape index (κ2) is 10.1. The number of benzene rings is 1. The van der Waals surface area contributed by atoms with E-state index in [1.54, 1.807) is 7.11 Å². The maximum absolute atomic E-state index is 12.3. The number of nitrogens with one attached hydrogen (secondary N) is 1. The van der Waals surface area contributed by atoms with Crippen LogP contribution in [0.1, 0.15) is 58.9 Å². The number of ether oxygens (including phenoxy) is 1. The van der Waals surface area contributed by atoms with E-state index in [0.29, 0.717) is 17.7 Å². The number of aromatic nitrogens is 3. The van der Waals surface area contributed by atoms with Gasteiger partial charge in [-0.25, -0.2) is 0 Å². The van der Waals surface area contributed by atoms with E-state index in [1.165, 1.54) is 31.0 Å². The zero-order chi connectivity index (χ0) is 20.8. The third kappa shape index (κ3) is 5.32. The summed E-state index contributed by atoms with van der Waals surface area (Å²) in [6.45, 7) is 6.41.